The fraction of sp³-hybridized carbons (Fsp3) is 0.286. The quantitative estimate of drug-likeness (QED) is 0.631. The van der Waals surface area contributed by atoms with Gasteiger partial charge in [-0.3, -0.25) is 0 Å². The lowest BCUT2D eigenvalue weighted by Gasteiger charge is -2.19. The van der Waals surface area contributed by atoms with Crippen molar-refractivity contribution in [2.75, 3.05) is 6.61 Å². The normalized spacial score (nSPS) is 10.7. The predicted molar refractivity (Wildman–Crippen MR) is 101 cm³/mol. The molecule has 0 saturated heterocycles. The monoisotopic (exact) mass is 390 g/mol. The molecule has 0 fully saturated rings. The van der Waals surface area contributed by atoms with Crippen LogP contribution in [0.15, 0.2) is 36.4 Å². The first-order chi connectivity index (χ1) is 12.7. The van der Waals surface area contributed by atoms with E-state index in [1.54, 1.807) is 39.0 Å². The van der Waals surface area contributed by atoms with E-state index in [2.05, 4.69) is 11.8 Å². The Morgan fingerprint density at radius 3 is 2.52 bits per heavy atom. The van der Waals surface area contributed by atoms with E-state index in [4.69, 9.17) is 26.2 Å². The number of benzene rings is 2. The largest absolute Gasteiger partial charge is 0.481 e. The smallest absolute Gasteiger partial charge is 0.344 e. The zero-order chi connectivity index (χ0) is 20.0. The number of hydrogen-bond acceptors (Lipinski definition) is 4. The van der Waals surface area contributed by atoms with E-state index < -0.39 is 17.4 Å². The van der Waals surface area contributed by atoms with Gasteiger partial charge in [-0.05, 0) is 56.7 Å². The lowest BCUT2D eigenvalue weighted by molar-refractivity contribution is -0.157. The van der Waals surface area contributed by atoms with E-state index in [0.29, 0.717) is 21.9 Å². The van der Waals surface area contributed by atoms with E-state index in [9.17, 15) is 9.18 Å². The number of esters is 1. The van der Waals surface area contributed by atoms with Crippen LogP contribution in [-0.4, -0.2) is 23.3 Å². The van der Waals surface area contributed by atoms with Crippen molar-refractivity contribution in [1.29, 1.82) is 0 Å². The Morgan fingerprint density at radius 2 is 1.85 bits per heavy atom. The summed E-state index contributed by atoms with van der Waals surface area (Å²) < 4.78 is 24.6. The van der Waals surface area contributed by atoms with Gasteiger partial charge >= 0.3 is 5.97 Å². The SMILES string of the molecule is CC(C)(C)OC(=O)COc1ccc(Cl)cc1C#Cc1cc(CO)ccc1F. The fourth-order valence-electron chi connectivity index (χ4n) is 2.13. The molecule has 0 unspecified atom stereocenters. The highest BCUT2D eigenvalue weighted by Gasteiger charge is 2.17. The van der Waals surface area contributed by atoms with E-state index in [0.717, 1.165) is 0 Å². The highest BCUT2D eigenvalue weighted by Crippen LogP contribution is 2.23. The maximum atomic E-state index is 13.9. The van der Waals surface area contributed by atoms with Gasteiger partial charge in [0.05, 0.1) is 17.7 Å². The number of rotatable bonds is 4. The summed E-state index contributed by atoms with van der Waals surface area (Å²) >= 11 is 6.01. The molecule has 0 spiro atoms. The molecule has 2 rings (SSSR count). The van der Waals surface area contributed by atoms with Crippen molar-refractivity contribution in [2.45, 2.75) is 33.0 Å². The molecule has 27 heavy (non-hydrogen) atoms. The number of halogens is 2. The number of aliphatic hydroxyl groups is 1. The zero-order valence-electron chi connectivity index (χ0n) is 15.3. The molecule has 4 nitrogen and oxygen atoms in total. The van der Waals surface area contributed by atoms with Crippen LogP contribution >= 0.6 is 11.6 Å². The average Bonchev–Trinajstić information content (AvgIpc) is 2.58. The third-order valence-corrected chi connectivity index (χ3v) is 3.49. The lowest BCUT2D eigenvalue weighted by atomic mass is 10.1. The molecule has 142 valence electrons. The van der Waals surface area contributed by atoms with Gasteiger partial charge in [-0.1, -0.05) is 29.5 Å². The maximum Gasteiger partial charge on any atom is 0.344 e. The molecule has 0 saturated carbocycles. The first kappa shape index (κ1) is 20.8. The summed E-state index contributed by atoms with van der Waals surface area (Å²) in [6.07, 6.45) is 0. The van der Waals surface area contributed by atoms with Crippen LogP contribution in [0.1, 0.15) is 37.5 Å². The van der Waals surface area contributed by atoms with Crippen molar-refractivity contribution in [3.8, 4) is 17.6 Å². The van der Waals surface area contributed by atoms with E-state index in [1.165, 1.54) is 18.2 Å². The zero-order valence-corrected chi connectivity index (χ0v) is 16.1. The van der Waals surface area contributed by atoms with Crippen LogP contribution in [0.5, 0.6) is 5.75 Å². The van der Waals surface area contributed by atoms with Gasteiger partial charge in [0.2, 0.25) is 0 Å². The maximum absolute atomic E-state index is 13.9. The van der Waals surface area contributed by atoms with E-state index in [1.807, 2.05) is 0 Å². The number of ether oxygens (including phenoxy) is 2. The van der Waals surface area contributed by atoms with Crippen LogP contribution in [0.25, 0.3) is 0 Å². The number of hydrogen-bond donors (Lipinski definition) is 1. The summed E-state index contributed by atoms with van der Waals surface area (Å²) in [5, 5.41) is 9.59. The topological polar surface area (TPSA) is 55.8 Å². The Labute approximate surface area is 162 Å². The second-order valence-corrected chi connectivity index (χ2v) is 7.17. The van der Waals surface area contributed by atoms with Gasteiger partial charge in [0.1, 0.15) is 17.2 Å². The molecule has 0 aliphatic carbocycles. The van der Waals surface area contributed by atoms with E-state index >= 15 is 0 Å². The molecule has 0 aliphatic rings. The summed E-state index contributed by atoms with van der Waals surface area (Å²) in [6.45, 7) is 4.79. The Balaban J connectivity index is 2.23. The number of carbonyl (C=O) groups is 1. The summed E-state index contributed by atoms with van der Waals surface area (Å²) in [6, 6.07) is 8.94. The molecule has 6 heteroatoms. The Morgan fingerprint density at radius 1 is 1.15 bits per heavy atom. The Kier molecular flexibility index (Phi) is 6.84. The average molecular weight is 391 g/mol. The van der Waals surface area contributed by atoms with Crippen LogP contribution < -0.4 is 4.74 Å². The molecule has 0 radical (unpaired) electrons. The van der Waals surface area contributed by atoms with Gasteiger partial charge in [0, 0.05) is 5.02 Å². The van der Waals surface area contributed by atoms with Gasteiger partial charge in [-0.25, -0.2) is 9.18 Å². The molecule has 0 bridgehead atoms. The molecule has 0 aliphatic heterocycles. The van der Waals surface area contributed by atoms with Crippen molar-refractivity contribution in [3.63, 3.8) is 0 Å². The van der Waals surface area contributed by atoms with Crippen molar-refractivity contribution in [3.05, 3.63) is 63.9 Å². The number of aliphatic hydroxyl groups excluding tert-OH is 1. The summed E-state index contributed by atoms with van der Waals surface area (Å²) in [5.74, 6) is 4.82. The van der Waals surface area contributed by atoms with Crippen molar-refractivity contribution in [2.24, 2.45) is 0 Å². The fourth-order valence-corrected chi connectivity index (χ4v) is 2.31. The first-order valence-electron chi connectivity index (χ1n) is 8.23. The van der Waals surface area contributed by atoms with Crippen molar-refractivity contribution < 1.29 is 23.8 Å². The predicted octanol–water partition coefficient (Wildman–Crippen LogP) is 4.09. The Bertz CT molecular complexity index is 891. The first-order valence-corrected chi connectivity index (χ1v) is 8.61. The summed E-state index contributed by atoms with van der Waals surface area (Å²) in [7, 11) is 0. The molecule has 0 amide bonds. The molecule has 0 heterocycles. The van der Waals surface area contributed by atoms with Gasteiger partial charge in [-0.2, -0.15) is 0 Å². The van der Waals surface area contributed by atoms with Crippen LogP contribution in [0.2, 0.25) is 5.02 Å². The van der Waals surface area contributed by atoms with Gasteiger partial charge in [0.25, 0.3) is 0 Å². The standard InChI is InChI=1S/C21H20ClFO4/c1-21(2,3)27-20(25)13-26-19-9-7-17(22)11-16(19)6-5-15-10-14(12-24)4-8-18(15)23/h4,7-11,24H,12-13H2,1-3H3. The van der Waals surface area contributed by atoms with Crippen LogP contribution in [0.4, 0.5) is 4.39 Å². The van der Waals surface area contributed by atoms with Gasteiger partial charge in [-0.15, -0.1) is 0 Å². The third-order valence-electron chi connectivity index (χ3n) is 3.25. The highest BCUT2D eigenvalue weighted by atomic mass is 35.5. The van der Waals surface area contributed by atoms with Crippen LogP contribution in [0.3, 0.4) is 0 Å². The molecule has 2 aromatic carbocycles. The molecule has 2 aromatic rings. The van der Waals surface area contributed by atoms with Gasteiger partial charge < -0.3 is 14.6 Å². The molecule has 0 atom stereocenters. The van der Waals surface area contributed by atoms with Crippen molar-refractivity contribution in [1.82, 2.24) is 0 Å². The summed E-state index contributed by atoms with van der Waals surface area (Å²) in [4.78, 5) is 11.8. The summed E-state index contributed by atoms with van der Waals surface area (Å²) in [5.41, 5.74) is 0.478. The number of carbonyl (C=O) groups excluding carboxylic acids is 1. The van der Waals surface area contributed by atoms with Crippen LogP contribution in [-0.2, 0) is 16.1 Å². The Hall–Kier alpha value is -2.55. The molecule has 1 N–H and O–H groups in total. The van der Waals surface area contributed by atoms with Crippen LogP contribution in [0, 0.1) is 17.7 Å². The molecular formula is C21H20ClFO4. The lowest BCUT2D eigenvalue weighted by Crippen LogP contribution is -2.27. The van der Waals surface area contributed by atoms with Crippen molar-refractivity contribution >= 4 is 17.6 Å². The minimum Gasteiger partial charge on any atom is -0.481 e. The van der Waals surface area contributed by atoms with Gasteiger partial charge in [0.15, 0.2) is 6.61 Å². The molecule has 0 aromatic heterocycles. The minimum atomic E-state index is -0.613. The molecular weight excluding hydrogens is 371 g/mol. The minimum absolute atomic E-state index is 0.139. The second kappa shape index (κ2) is 8.90. The second-order valence-electron chi connectivity index (χ2n) is 6.74. The third kappa shape index (κ3) is 6.59. The van der Waals surface area contributed by atoms with E-state index in [-0.39, 0.29) is 18.8 Å². The highest BCUT2D eigenvalue weighted by molar-refractivity contribution is 6.30.